The maximum absolute atomic E-state index is 13.0. The second-order valence-electron chi connectivity index (χ2n) is 6.99. The molecular formula is C24H17ClN2O8. The van der Waals surface area contributed by atoms with Gasteiger partial charge in [0.2, 0.25) is 0 Å². The highest BCUT2D eigenvalue weighted by atomic mass is 35.5. The van der Waals surface area contributed by atoms with Crippen molar-refractivity contribution < 1.29 is 33.6 Å². The lowest BCUT2D eigenvalue weighted by atomic mass is 9.98. The fourth-order valence-corrected chi connectivity index (χ4v) is 3.24. The van der Waals surface area contributed by atoms with Crippen LogP contribution in [0.1, 0.15) is 36.6 Å². The average molecular weight is 497 g/mol. The van der Waals surface area contributed by atoms with E-state index in [2.05, 4.69) is 10.1 Å². The number of esters is 2. The summed E-state index contributed by atoms with van der Waals surface area (Å²) in [5.74, 6) is -2.88. The van der Waals surface area contributed by atoms with Crippen molar-refractivity contribution in [3.05, 3.63) is 104 Å². The normalized spacial score (nSPS) is 10.2. The molecule has 1 N–H and O–H groups in total. The molecule has 35 heavy (non-hydrogen) atoms. The monoisotopic (exact) mass is 496 g/mol. The molecule has 0 aromatic heterocycles. The Bertz CT molecular complexity index is 1340. The Morgan fingerprint density at radius 1 is 0.914 bits per heavy atom. The molecule has 3 aromatic rings. The van der Waals surface area contributed by atoms with Gasteiger partial charge in [0.1, 0.15) is 5.02 Å². The van der Waals surface area contributed by atoms with Crippen molar-refractivity contribution in [2.75, 3.05) is 19.0 Å². The molecule has 10 nitrogen and oxygen atoms in total. The van der Waals surface area contributed by atoms with Gasteiger partial charge in [-0.1, -0.05) is 35.9 Å². The van der Waals surface area contributed by atoms with Crippen LogP contribution in [0.3, 0.4) is 0 Å². The number of rotatable bonds is 8. The Hall–Kier alpha value is -4.57. The summed E-state index contributed by atoms with van der Waals surface area (Å²) in [5, 5.41) is 13.5. The number of methoxy groups -OCH3 is 1. The van der Waals surface area contributed by atoms with Gasteiger partial charge < -0.3 is 14.8 Å². The van der Waals surface area contributed by atoms with Crippen LogP contribution in [0.15, 0.2) is 66.7 Å². The number of ketones is 1. The zero-order valence-electron chi connectivity index (χ0n) is 18.1. The van der Waals surface area contributed by atoms with Crippen LogP contribution in [0.4, 0.5) is 11.4 Å². The van der Waals surface area contributed by atoms with E-state index in [1.165, 1.54) is 67.8 Å². The highest BCUT2D eigenvalue weighted by Gasteiger charge is 2.22. The molecule has 1 amide bonds. The van der Waals surface area contributed by atoms with Crippen molar-refractivity contribution in [3.63, 3.8) is 0 Å². The SMILES string of the molecule is COC(=O)c1cccc(NC(=O)COC(=O)c2ccccc2C(=O)c2ccc(Cl)c([N+](=O)[O-])c2)c1. The number of amides is 1. The zero-order valence-corrected chi connectivity index (χ0v) is 18.9. The maximum Gasteiger partial charge on any atom is 0.339 e. The third kappa shape index (κ3) is 6.06. The number of anilines is 1. The minimum absolute atomic E-state index is 0.0513. The fraction of sp³-hybridized carbons (Fsp3) is 0.0833. The first-order valence-electron chi connectivity index (χ1n) is 9.94. The molecule has 0 radical (unpaired) electrons. The van der Waals surface area contributed by atoms with E-state index in [4.69, 9.17) is 16.3 Å². The first kappa shape index (κ1) is 25.1. The summed E-state index contributed by atoms with van der Waals surface area (Å²) in [6, 6.07) is 15.2. The summed E-state index contributed by atoms with van der Waals surface area (Å²) in [7, 11) is 1.23. The third-order valence-corrected chi connectivity index (χ3v) is 5.02. The number of nitrogens with one attached hydrogen (secondary N) is 1. The van der Waals surface area contributed by atoms with Crippen molar-refractivity contribution in [1.82, 2.24) is 0 Å². The number of ether oxygens (including phenoxy) is 2. The molecule has 3 rings (SSSR count). The van der Waals surface area contributed by atoms with Gasteiger partial charge in [-0.05, 0) is 36.4 Å². The van der Waals surface area contributed by atoms with E-state index in [1.54, 1.807) is 0 Å². The minimum Gasteiger partial charge on any atom is -0.465 e. The number of nitrogens with zero attached hydrogens (tertiary/aromatic N) is 1. The fourth-order valence-electron chi connectivity index (χ4n) is 3.06. The molecular weight excluding hydrogens is 480 g/mol. The Labute approximate surface area is 203 Å². The summed E-state index contributed by atoms with van der Waals surface area (Å²) in [5.41, 5.74) is -0.197. The topological polar surface area (TPSA) is 142 Å². The standard InChI is InChI=1S/C24H17ClN2O8/c1-34-23(30)15-5-4-6-16(11-15)26-21(28)13-35-24(31)18-8-3-2-7-17(18)22(29)14-9-10-19(25)20(12-14)27(32)33/h2-12H,13H2,1H3,(H,26,28). The number of benzene rings is 3. The molecule has 0 spiro atoms. The van der Waals surface area contributed by atoms with Gasteiger partial charge in [-0.3, -0.25) is 19.7 Å². The molecule has 0 aliphatic rings. The Balaban J connectivity index is 1.72. The molecule has 0 aliphatic heterocycles. The lowest BCUT2D eigenvalue weighted by Gasteiger charge is -2.10. The van der Waals surface area contributed by atoms with E-state index in [0.717, 1.165) is 6.07 Å². The molecule has 0 saturated carbocycles. The quantitative estimate of drug-likeness (QED) is 0.213. The molecule has 0 heterocycles. The summed E-state index contributed by atoms with van der Waals surface area (Å²) in [6.07, 6.45) is 0. The lowest BCUT2D eigenvalue weighted by molar-refractivity contribution is -0.384. The van der Waals surface area contributed by atoms with Crippen LogP contribution in [-0.4, -0.2) is 42.3 Å². The summed E-state index contributed by atoms with van der Waals surface area (Å²) in [6.45, 7) is -0.670. The van der Waals surface area contributed by atoms with Gasteiger partial charge in [0, 0.05) is 22.9 Å². The van der Waals surface area contributed by atoms with Gasteiger partial charge in [-0.15, -0.1) is 0 Å². The molecule has 0 saturated heterocycles. The zero-order chi connectivity index (χ0) is 25.5. The van der Waals surface area contributed by atoms with Crippen LogP contribution in [0.5, 0.6) is 0 Å². The molecule has 0 bridgehead atoms. The molecule has 0 atom stereocenters. The van der Waals surface area contributed by atoms with E-state index < -0.39 is 40.8 Å². The van der Waals surface area contributed by atoms with Crippen molar-refractivity contribution in [3.8, 4) is 0 Å². The smallest absolute Gasteiger partial charge is 0.339 e. The van der Waals surface area contributed by atoms with Crippen LogP contribution in [0, 0.1) is 10.1 Å². The van der Waals surface area contributed by atoms with Gasteiger partial charge in [0.15, 0.2) is 12.4 Å². The van der Waals surface area contributed by atoms with E-state index in [9.17, 15) is 29.3 Å². The van der Waals surface area contributed by atoms with Crippen LogP contribution in [0.2, 0.25) is 5.02 Å². The van der Waals surface area contributed by atoms with Gasteiger partial charge in [-0.2, -0.15) is 0 Å². The van der Waals surface area contributed by atoms with Crippen molar-refractivity contribution in [1.29, 1.82) is 0 Å². The predicted molar refractivity (Wildman–Crippen MR) is 125 cm³/mol. The number of hydrogen-bond donors (Lipinski definition) is 1. The number of nitro groups is 1. The Morgan fingerprint density at radius 2 is 1.63 bits per heavy atom. The number of nitro benzene ring substituents is 1. The summed E-state index contributed by atoms with van der Waals surface area (Å²) >= 11 is 5.80. The highest BCUT2D eigenvalue weighted by Crippen LogP contribution is 2.27. The van der Waals surface area contributed by atoms with Gasteiger partial charge in [0.05, 0.1) is 23.2 Å². The van der Waals surface area contributed by atoms with Gasteiger partial charge >= 0.3 is 11.9 Å². The van der Waals surface area contributed by atoms with Crippen LogP contribution >= 0.6 is 11.6 Å². The first-order chi connectivity index (χ1) is 16.7. The molecule has 0 unspecified atom stereocenters. The van der Waals surface area contributed by atoms with Crippen molar-refractivity contribution in [2.45, 2.75) is 0 Å². The third-order valence-electron chi connectivity index (χ3n) is 4.70. The van der Waals surface area contributed by atoms with E-state index in [0.29, 0.717) is 0 Å². The first-order valence-corrected chi connectivity index (χ1v) is 10.3. The summed E-state index contributed by atoms with van der Waals surface area (Å²) < 4.78 is 9.67. The predicted octanol–water partition coefficient (Wildman–Crippen LogP) is 4.06. The molecule has 0 aliphatic carbocycles. The Kier molecular flexibility index (Phi) is 7.90. The molecule has 178 valence electrons. The second-order valence-corrected chi connectivity index (χ2v) is 7.40. The number of carbonyl (C=O) groups is 4. The van der Waals surface area contributed by atoms with E-state index >= 15 is 0 Å². The van der Waals surface area contributed by atoms with E-state index in [-0.39, 0.29) is 33.0 Å². The number of hydrogen-bond acceptors (Lipinski definition) is 8. The molecule has 3 aromatic carbocycles. The second kappa shape index (κ2) is 11.0. The van der Waals surface area contributed by atoms with Crippen LogP contribution < -0.4 is 5.32 Å². The number of halogens is 1. The minimum atomic E-state index is -0.948. The molecule has 0 fully saturated rings. The van der Waals surface area contributed by atoms with Crippen LogP contribution in [0.25, 0.3) is 0 Å². The number of carbonyl (C=O) groups excluding carboxylic acids is 4. The van der Waals surface area contributed by atoms with Crippen LogP contribution in [-0.2, 0) is 14.3 Å². The highest BCUT2D eigenvalue weighted by molar-refractivity contribution is 6.33. The van der Waals surface area contributed by atoms with E-state index in [1.807, 2.05) is 0 Å². The van der Waals surface area contributed by atoms with Crippen molar-refractivity contribution >= 4 is 46.6 Å². The van der Waals surface area contributed by atoms with Gasteiger partial charge in [-0.25, -0.2) is 9.59 Å². The van der Waals surface area contributed by atoms with Crippen molar-refractivity contribution in [2.24, 2.45) is 0 Å². The average Bonchev–Trinajstić information content (AvgIpc) is 2.86. The van der Waals surface area contributed by atoms with Gasteiger partial charge in [0.25, 0.3) is 11.6 Å². The molecule has 11 heteroatoms. The summed E-state index contributed by atoms with van der Waals surface area (Å²) in [4.78, 5) is 59.8. The Morgan fingerprint density at radius 3 is 2.31 bits per heavy atom. The largest absolute Gasteiger partial charge is 0.465 e. The lowest BCUT2D eigenvalue weighted by Crippen LogP contribution is -2.22. The maximum atomic E-state index is 13.0.